The summed E-state index contributed by atoms with van der Waals surface area (Å²) in [6.45, 7) is 1.95. The summed E-state index contributed by atoms with van der Waals surface area (Å²) in [6.07, 6.45) is 5.34. The monoisotopic (exact) mass is 501 g/mol. The first kappa shape index (κ1) is 21.8. The van der Waals surface area contributed by atoms with Crippen molar-refractivity contribution in [3.05, 3.63) is 82.9 Å². The van der Waals surface area contributed by atoms with Crippen molar-refractivity contribution in [3.8, 4) is 17.1 Å². The molecule has 0 fully saturated rings. The number of benzene rings is 1. The highest BCUT2D eigenvalue weighted by Crippen LogP contribution is 2.48. The summed E-state index contributed by atoms with van der Waals surface area (Å²) in [4.78, 5) is 21.4. The maximum Gasteiger partial charge on any atom is 0.235 e. The van der Waals surface area contributed by atoms with E-state index in [4.69, 9.17) is 16.7 Å². The van der Waals surface area contributed by atoms with E-state index in [2.05, 4.69) is 26.4 Å². The number of hydrogen-bond acceptors (Lipinski definition) is 6. The lowest BCUT2D eigenvalue weighted by atomic mass is 10.0. The molecule has 1 amide bonds. The van der Waals surface area contributed by atoms with Crippen LogP contribution in [0.2, 0.25) is 5.02 Å². The fourth-order valence-electron chi connectivity index (χ4n) is 4.42. The molecule has 1 unspecified atom stereocenters. The van der Waals surface area contributed by atoms with Gasteiger partial charge in [0, 0.05) is 41.1 Å². The number of thioether (sulfide) groups is 1. The first-order valence-corrected chi connectivity index (χ1v) is 12.4. The number of carbonyl (C=O) groups is 1. The fraction of sp³-hybridized carbons (Fsp3) is 0.160. The molecule has 0 aliphatic carbocycles. The van der Waals surface area contributed by atoms with Crippen molar-refractivity contribution in [1.82, 2.24) is 29.5 Å². The van der Waals surface area contributed by atoms with Crippen LogP contribution in [0.25, 0.3) is 28.0 Å². The molecule has 8 nitrogen and oxygen atoms in total. The molecule has 5 heterocycles. The van der Waals surface area contributed by atoms with Gasteiger partial charge in [0.25, 0.3) is 0 Å². The minimum atomic E-state index is -0.224. The zero-order valence-corrected chi connectivity index (χ0v) is 20.5. The number of nitrogens with one attached hydrogen (secondary N) is 1. The molecule has 0 radical (unpaired) electrons. The van der Waals surface area contributed by atoms with Gasteiger partial charge in [0.15, 0.2) is 0 Å². The Bertz CT molecular complexity index is 1590. The summed E-state index contributed by atoms with van der Waals surface area (Å²) >= 11 is 8.46. The molecule has 1 aliphatic rings. The Hall–Kier alpha value is -3.69. The van der Waals surface area contributed by atoms with Crippen molar-refractivity contribution in [2.45, 2.75) is 12.2 Å². The lowest BCUT2D eigenvalue weighted by Crippen LogP contribution is -2.15. The lowest BCUT2D eigenvalue weighted by Gasteiger charge is -2.18. The smallest absolute Gasteiger partial charge is 0.235 e. The van der Waals surface area contributed by atoms with E-state index in [0.29, 0.717) is 16.6 Å². The molecule has 0 saturated heterocycles. The van der Waals surface area contributed by atoms with Crippen LogP contribution in [0.15, 0.2) is 61.1 Å². The van der Waals surface area contributed by atoms with Gasteiger partial charge >= 0.3 is 0 Å². The average molecular weight is 502 g/mol. The van der Waals surface area contributed by atoms with Crippen molar-refractivity contribution in [3.63, 3.8) is 0 Å². The van der Waals surface area contributed by atoms with E-state index in [1.165, 1.54) is 11.8 Å². The normalized spacial score (nSPS) is 15.6. The van der Waals surface area contributed by atoms with E-state index >= 15 is 0 Å². The zero-order valence-electron chi connectivity index (χ0n) is 18.9. The summed E-state index contributed by atoms with van der Waals surface area (Å²) < 4.78 is 3.56. The van der Waals surface area contributed by atoms with E-state index < -0.39 is 0 Å². The van der Waals surface area contributed by atoms with Gasteiger partial charge in [0.2, 0.25) is 5.91 Å². The molecular formula is C25H20ClN7OS. The number of aryl methyl sites for hydroxylation is 2. The van der Waals surface area contributed by atoms with Crippen LogP contribution in [0.1, 0.15) is 22.1 Å². The standard InChI is InChI=1S/C25H20ClN7OS/c1-14-9-16(6-8-27-14)33-20-11-18(26)17(10-15(20)12-29-33)24-22-23(19-5-3-4-7-28-19)31-32(2)25(22)30-21(34)13-35-24/h3-12,24H,13H2,1-2H3,(H,30,34). The van der Waals surface area contributed by atoms with E-state index in [0.717, 1.165) is 44.8 Å². The van der Waals surface area contributed by atoms with Crippen LogP contribution in [0.3, 0.4) is 0 Å². The Labute approximate surface area is 210 Å². The number of carbonyl (C=O) groups excluding carboxylic acids is 1. The summed E-state index contributed by atoms with van der Waals surface area (Å²) in [7, 11) is 1.82. The van der Waals surface area contributed by atoms with Crippen LogP contribution in [0.5, 0.6) is 0 Å². The number of halogens is 1. The molecule has 1 aromatic carbocycles. The number of aromatic nitrogens is 6. The molecule has 4 aromatic heterocycles. The minimum Gasteiger partial charge on any atom is -0.310 e. The molecule has 10 heteroatoms. The Morgan fingerprint density at radius 3 is 2.83 bits per heavy atom. The number of fused-ring (bicyclic) bond motifs is 2. The molecule has 35 heavy (non-hydrogen) atoms. The number of pyridine rings is 2. The molecule has 0 spiro atoms. The van der Waals surface area contributed by atoms with Gasteiger partial charge in [-0.2, -0.15) is 10.2 Å². The summed E-state index contributed by atoms with van der Waals surface area (Å²) in [5, 5.41) is 13.7. The Balaban J connectivity index is 1.53. The molecule has 0 saturated carbocycles. The Morgan fingerprint density at radius 1 is 1.14 bits per heavy atom. The Kier molecular flexibility index (Phi) is 5.31. The van der Waals surface area contributed by atoms with Crippen molar-refractivity contribution in [2.75, 3.05) is 11.1 Å². The highest BCUT2D eigenvalue weighted by atomic mass is 35.5. The predicted octanol–water partition coefficient (Wildman–Crippen LogP) is 4.95. The van der Waals surface area contributed by atoms with Gasteiger partial charge < -0.3 is 5.32 Å². The van der Waals surface area contributed by atoms with E-state index in [9.17, 15) is 4.79 Å². The van der Waals surface area contributed by atoms with Crippen LogP contribution < -0.4 is 5.32 Å². The molecule has 1 N–H and O–H groups in total. The largest absolute Gasteiger partial charge is 0.310 e. The molecule has 6 rings (SSSR count). The van der Waals surface area contributed by atoms with Crippen molar-refractivity contribution < 1.29 is 4.79 Å². The molecule has 5 aromatic rings. The third-order valence-electron chi connectivity index (χ3n) is 5.99. The predicted molar refractivity (Wildman–Crippen MR) is 138 cm³/mol. The molecule has 0 bridgehead atoms. The lowest BCUT2D eigenvalue weighted by molar-refractivity contribution is -0.113. The van der Waals surface area contributed by atoms with Gasteiger partial charge in [-0.15, -0.1) is 11.8 Å². The molecule has 174 valence electrons. The third-order valence-corrected chi connectivity index (χ3v) is 7.57. The van der Waals surface area contributed by atoms with Crippen molar-refractivity contribution in [2.24, 2.45) is 7.05 Å². The summed E-state index contributed by atoms with van der Waals surface area (Å²) in [5.41, 5.74) is 5.98. The highest BCUT2D eigenvalue weighted by molar-refractivity contribution is 8.00. The molecular weight excluding hydrogens is 482 g/mol. The average Bonchev–Trinajstić information content (AvgIpc) is 3.35. The Morgan fingerprint density at radius 2 is 2.03 bits per heavy atom. The highest BCUT2D eigenvalue weighted by Gasteiger charge is 2.33. The van der Waals surface area contributed by atoms with Crippen LogP contribution in [-0.2, 0) is 11.8 Å². The quantitative estimate of drug-likeness (QED) is 0.376. The van der Waals surface area contributed by atoms with Crippen LogP contribution in [0, 0.1) is 6.92 Å². The molecule has 1 aliphatic heterocycles. The van der Waals surface area contributed by atoms with Gasteiger partial charge in [-0.05, 0) is 48.9 Å². The first-order chi connectivity index (χ1) is 17.0. The minimum absolute atomic E-state index is 0.0765. The van der Waals surface area contributed by atoms with Gasteiger partial charge in [-0.25, -0.2) is 4.68 Å². The second-order valence-corrected chi connectivity index (χ2v) is 9.83. The second kappa shape index (κ2) is 8.51. The number of anilines is 1. The number of hydrogen-bond donors (Lipinski definition) is 1. The van der Waals surface area contributed by atoms with Gasteiger partial charge in [-0.1, -0.05) is 17.7 Å². The number of rotatable bonds is 3. The third kappa shape index (κ3) is 3.77. The van der Waals surface area contributed by atoms with Crippen molar-refractivity contribution in [1.29, 1.82) is 0 Å². The topological polar surface area (TPSA) is 90.5 Å². The van der Waals surface area contributed by atoms with E-state index in [1.54, 1.807) is 17.1 Å². The summed E-state index contributed by atoms with van der Waals surface area (Å²) in [5.74, 6) is 0.877. The van der Waals surface area contributed by atoms with Gasteiger partial charge in [0.05, 0.1) is 34.1 Å². The van der Waals surface area contributed by atoms with Crippen molar-refractivity contribution >= 4 is 46.0 Å². The van der Waals surface area contributed by atoms with Crippen LogP contribution in [-0.4, -0.2) is 41.2 Å². The first-order valence-electron chi connectivity index (χ1n) is 11.0. The SMILES string of the molecule is Cc1cc(-n2ncc3cc(C4SCC(=O)Nc5c4c(-c4ccccn4)nn5C)c(Cl)cc32)ccn1. The van der Waals surface area contributed by atoms with E-state index in [-0.39, 0.29) is 11.2 Å². The van der Waals surface area contributed by atoms with Gasteiger partial charge in [0.1, 0.15) is 11.5 Å². The maximum absolute atomic E-state index is 12.6. The molecule has 1 atom stereocenters. The van der Waals surface area contributed by atoms with Gasteiger partial charge in [-0.3, -0.25) is 19.4 Å². The number of amides is 1. The second-order valence-electron chi connectivity index (χ2n) is 8.33. The zero-order chi connectivity index (χ0) is 24.1. The fourth-order valence-corrected chi connectivity index (χ4v) is 5.91. The number of nitrogens with zero attached hydrogens (tertiary/aromatic N) is 6. The summed E-state index contributed by atoms with van der Waals surface area (Å²) in [6, 6.07) is 13.6. The van der Waals surface area contributed by atoms with Crippen LogP contribution >= 0.6 is 23.4 Å². The van der Waals surface area contributed by atoms with Crippen LogP contribution in [0.4, 0.5) is 5.82 Å². The maximum atomic E-state index is 12.6. The van der Waals surface area contributed by atoms with E-state index in [1.807, 2.05) is 61.2 Å².